The van der Waals surface area contributed by atoms with Crippen LogP contribution < -0.4 is 4.74 Å². The van der Waals surface area contributed by atoms with E-state index in [0.717, 1.165) is 60.1 Å². The summed E-state index contributed by atoms with van der Waals surface area (Å²) in [6, 6.07) is 50.8. The Kier molecular flexibility index (Phi) is 10.3. The summed E-state index contributed by atoms with van der Waals surface area (Å²) in [6.07, 6.45) is 5.21. The van der Waals surface area contributed by atoms with E-state index in [1.54, 1.807) is 0 Å². The van der Waals surface area contributed by atoms with Crippen molar-refractivity contribution < 1.29 is 4.74 Å². The smallest absolute Gasteiger partial charge is 0.130 e. The molecule has 0 saturated heterocycles. The van der Waals surface area contributed by atoms with Crippen LogP contribution in [0.4, 0.5) is 0 Å². The highest BCUT2D eigenvalue weighted by atomic mass is 35.5. The molecule has 0 amide bonds. The quantitative estimate of drug-likeness (QED) is 0.131. The van der Waals surface area contributed by atoms with Crippen LogP contribution in [0.3, 0.4) is 0 Å². The predicted molar refractivity (Wildman–Crippen MR) is 189 cm³/mol. The summed E-state index contributed by atoms with van der Waals surface area (Å²) in [5.41, 5.74) is 9.95. The van der Waals surface area contributed by atoms with Gasteiger partial charge in [0.1, 0.15) is 11.5 Å². The van der Waals surface area contributed by atoms with E-state index in [0.29, 0.717) is 0 Å². The number of aryl methyl sites for hydroxylation is 4. The second kappa shape index (κ2) is 15.1. The third-order valence-electron chi connectivity index (χ3n) is 8.12. The molecule has 0 fully saturated rings. The number of ether oxygens (including phenoxy) is 1. The van der Waals surface area contributed by atoms with Crippen LogP contribution in [0.1, 0.15) is 44.5 Å². The first kappa shape index (κ1) is 30.7. The SMILES string of the molecule is Clc1cccc(CCc2cc(Cc3ccccc3)ccc2Oc2ccc(Cc3ccccc3)cc2CCc2cccc(Cl)c2)c1. The van der Waals surface area contributed by atoms with Gasteiger partial charge in [-0.2, -0.15) is 0 Å². The van der Waals surface area contributed by atoms with Crippen molar-refractivity contribution >= 4 is 23.2 Å². The first-order valence-electron chi connectivity index (χ1n) is 15.6. The van der Waals surface area contributed by atoms with Crippen molar-refractivity contribution in [2.75, 3.05) is 0 Å². The van der Waals surface area contributed by atoms with Crippen LogP contribution in [-0.4, -0.2) is 0 Å². The van der Waals surface area contributed by atoms with Crippen molar-refractivity contribution in [3.8, 4) is 11.5 Å². The number of benzene rings is 6. The summed E-state index contributed by atoms with van der Waals surface area (Å²) in [5, 5.41) is 1.53. The Morgan fingerprint density at radius 3 is 1.20 bits per heavy atom. The molecule has 0 spiro atoms. The highest BCUT2D eigenvalue weighted by Crippen LogP contribution is 2.33. The zero-order valence-electron chi connectivity index (χ0n) is 25.3. The fourth-order valence-electron chi connectivity index (χ4n) is 5.80. The zero-order valence-corrected chi connectivity index (χ0v) is 26.8. The normalized spacial score (nSPS) is 11.0. The maximum atomic E-state index is 6.82. The average Bonchev–Trinajstić information content (AvgIpc) is 3.06. The minimum absolute atomic E-state index is 0.765. The lowest BCUT2D eigenvalue weighted by atomic mass is 9.97. The fraction of sp³-hybridized carbons (Fsp3) is 0.143. The zero-order chi connectivity index (χ0) is 30.8. The molecule has 0 unspecified atom stereocenters. The molecular formula is C42H36Cl2O. The van der Waals surface area contributed by atoms with Crippen LogP contribution in [0.5, 0.6) is 11.5 Å². The Hall–Kier alpha value is -4.30. The lowest BCUT2D eigenvalue weighted by Crippen LogP contribution is -2.01. The van der Waals surface area contributed by atoms with E-state index >= 15 is 0 Å². The molecule has 0 aliphatic rings. The van der Waals surface area contributed by atoms with E-state index in [4.69, 9.17) is 27.9 Å². The maximum absolute atomic E-state index is 6.82. The summed E-state index contributed by atoms with van der Waals surface area (Å²) >= 11 is 12.6. The van der Waals surface area contributed by atoms with Crippen LogP contribution in [-0.2, 0) is 38.5 Å². The molecule has 6 aromatic rings. The number of hydrogen-bond acceptors (Lipinski definition) is 1. The van der Waals surface area contributed by atoms with Crippen molar-refractivity contribution in [2.24, 2.45) is 0 Å². The van der Waals surface area contributed by atoms with Gasteiger partial charge in [-0.15, -0.1) is 0 Å². The van der Waals surface area contributed by atoms with Gasteiger partial charge in [-0.1, -0.05) is 132 Å². The van der Waals surface area contributed by atoms with Gasteiger partial charge in [0.2, 0.25) is 0 Å². The first-order chi connectivity index (χ1) is 22.1. The van der Waals surface area contributed by atoms with Gasteiger partial charge in [-0.3, -0.25) is 0 Å². The Morgan fingerprint density at radius 1 is 0.356 bits per heavy atom. The van der Waals surface area contributed by atoms with Gasteiger partial charge in [0, 0.05) is 10.0 Å². The Labute approximate surface area is 277 Å². The molecule has 45 heavy (non-hydrogen) atoms. The van der Waals surface area contributed by atoms with Crippen LogP contribution in [0, 0.1) is 0 Å². The van der Waals surface area contributed by atoms with Crippen LogP contribution in [0.25, 0.3) is 0 Å². The molecule has 0 aliphatic carbocycles. The maximum Gasteiger partial charge on any atom is 0.130 e. The predicted octanol–water partition coefficient (Wildman–Crippen LogP) is 11.5. The molecule has 6 rings (SSSR count). The van der Waals surface area contributed by atoms with Gasteiger partial charge < -0.3 is 4.74 Å². The largest absolute Gasteiger partial charge is 0.457 e. The number of halogens is 2. The second-order valence-electron chi connectivity index (χ2n) is 11.6. The molecule has 0 aliphatic heterocycles. The van der Waals surface area contributed by atoms with Crippen molar-refractivity contribution in [1.29, 1.82) is 0 Å². The molecule has 0 saturated carbocycles. The molecule has 0 N–H and O–H groups in total. The lowest BCUT2D eigenvalue weighted by molar-refractivity contribution is 0.469. The van der Waals surface area contributed by atoms with Gasteiger partial charge in [-0.25, -0.2) is 0 Å². The summed E-state index contributed by atoms with van der Waals surface area (Å²) in [4.78, 5) is 0. The molecular weight excluding hydrogens is 591 g/mol. The average molecular weight is 628 g/mol. The summed E-state index contributed by atoms with van der Waals surface area (Å²) in [5.74, 6) is 1.79. The Balaban J connectivity index is 1.30. The molecule has 0 heterocycles. The van der Waals surface area contributed by atoms with Crippen molar-refractivity contribution in [3.63, 3.8) is 0 Å². The minimum atomic E-state index is 0.765. The van der Waals surface area contributed by atoms with Crippen molar-refractivity contribution in [2.45, 2.75) is 38.5 Å². The van der Waals surface area contributed by atoms with Gasteiger partial charge in [0.25, 0.3) is 0 Å². The van der Waals surface area contributed by atoms with E-state index < -0.39 is 0 Å². The first-order valence-corrected chi connectivity index (χ1v) is 16.3. The van der Waals surface area contributed by atoms with Gasteiger partial charge in [0.05, 0.1) is 0 Å². The van der Waals surface area contributed by atoms with Gasteiger partial charge in [0.15, 0.2) is 0 Å². The summed E-state index contributed by atoms with van der Waals surface area (Å²) < 4.78 is 6.82. The Bertz CT molecular complexity index is 1710. The second-order valence-corrected chi connectivity index (χ2v) is 12.4. The third-order valence-corrected chi connectivity index (χ3v) is 8.59. The van der Waals surface area contributed by atoms with Crippen LogP contribution in [0.2, 0.25) is 10.0 Å². The topological polar surface area (TPSA) is 9.23 Å². The van der Waals surface area contributed by atoms with E-state index in [-0.39, 0.29) is 0 Å². The van der Waals surface area contributed by atoms with Crippen molar-refractivity contribution in [3.05, 3.63) is 200 Å². The standard InChI is InChI=1S/C42H36Cl2O/c43-39-15-7-13-33(29-39)17-21-37-27-35(25-31-9-3-1-4-10-31)19-23-41(37)45-42-24-20-36(26-32-11-5-2-6-12-32)28-38(42)22-18-34-14-8-16-40(44)30-34/h1-16,19-20,23-24,27-30H,17-18,21-22,25-26H2. The monoisotopic (exact) mass is 626 g/mol. The molecule has 0 aromatic heterocycles. The molecule has 0 atom stereocenters. The minimum Gasteiger partial charge on any atom is -0.457 e. The molecule has 6 aromatic carbocycles. The van der Waals surface area contributed by atoms with Gasteiger partial charge in [-0.05, 0) is 119 Å². The Morgan fingerprint density at radius 2 is 0.778 bits per heavy atom. The van der Waals surface area contributed by atoms with E-state index in [9.17, 15) is 0 Å². The van der Waals surface area contributed by atoms with Crippen LogP contribution >= 0.6 is 23.2 Å². The molecule has 1 nitrogen and oxygen atoms in total. The lowest BCUT2D eigenvalue weighted by Gasteiger charge is -2.17. The third kappa shape index (κ3) is 8.88. The van der Waals surface area contributed by atoms with Crippen LogP contribution in [0.15, 0.2) is 146 Å². The van der Waals surface area contributed by atoms with Gasteiger partial charge >= 0.3 is 0 Å². The highest BCUT2D eigenvalue weighted by molar-refractivity contribution is 6.30. The highest BCUT2D eigenvalue weighted by Gasteiger charge is 2.13. The molecule has 0 bridgehead atoms. The van der Waals surface area contributed by atoms with E-state index in [1.807, 2.05) is 24.3 Å². The van der Waals surface area contributed by atoms with Crippen molar-refractivity contribution in [1.82, 2.24) is 0 Å². The molecule has 3 heteroatoms. The fourth-order valence-corrected chi connectivity index (χ4v) is 6.23. The molecule has 0 radical (unpaired) electrons. The number of rotatable bonds is 12. The van der Waals surface area contributed by atoms with E-state index in [1.165, 1.54) is 44.5 Å². The number of hydrogen-bond donors (Lipinski definition) is 0. The summed E-state index contributed by atoms with van der Waals surface area (Å²) in [6.45, 7) is 0. The molecule has 224 valence electrons. The summed E-state index contributed by atoms with van der Waals surface area (Å²) in [7, 11) is 0. The van der Waals surface area contributed by atoms with E-state index in [2.05, 4.69) is 121 Å².